The number of aryl methyl sites for hydroxylation is 1. The van der Waals surface area contributed by atoms with Gasteiger partial charge in [-0.2, -0.15) is 5.10 Å². The van der Waals surface area contributed by atoms with Crippen molar-refractivity contribution in [2.45, 2.75) is 83.7 Å². The van der Waals surface area contributed by atoms with Gasteiger partial charge < -0.3 is 19.7 Å². The first kappa shape index (κ1) is 42.7. The fourth-order valence-electron chi connectivity index (χ4n) is 10.4. The molecule has 0 saturated carbocycles. The zero-order valence-corrected chi connectivity index (χ0v) is 37.3. The molecule has 2 N–H and O–H groups in total. The maximum Gasteiger partial charge on any atom is 0.269 e. The van der Waals surface area contributed by atoms with Crippen LogP contribution in [0.2, 0.25) is 0 Å². The van der Waals surface area contributed by atoms with Gasteiger partial charge in [0.1, 0.15) is 11.7 Å². The summed E-state index contributed by atoms with van der Waals surface area (Å²) in [5, 5.41) is 7.29. The first-order chi connectivity index (χ1) is 30.6. The number of fused-ring (bicyclic) bond motifs is 2. The summed E-state index contributed by atoms with van der Waals surface area (Å²) in [6, 6.07) is 17.2. The van der Waals surface area contributed by atoms with E-state index in [0.717, 1.165) is 65.1 Å². The standard InChI is InChI=1S/C50H55FN8O5/c1-29-24-32(31-17-22-56(23-18-31)39-11-7-12-40-43(39)50(3,4)49(64)59(40)41-15-16-42(60)54-46(41)61)13-14-34(29)36-25-35(44(51)45-37(36)26-38(53-45)48(63)55(5)6)33-10-8-20-57(28-33)47(62)30(2)27-58-21-9-19-52-58/h7,9-14,19,21,24-26,30-31,41,53H,8,15-18,20,22-23,27-28H2,1-6H3,(H,54,60,61)/t30-,41?/m0/s1. The number of halogens is 1. The number of hydrogen-bond acceptors (Lipinski definition) is 7. The van der Waals surface area contributed by atoms with Crippen LogP contribution in [0.15, 0.2) is 73.1 Å². The van der Waals surface area contributed by atoms with E-state index in [2.05, 4.69) is 51.5 Å². The number of imide groups is 1. The van der Waals surface area contributed by atoms with Gasteiger partial charge in [0, 0.05) is 81.3 Å². The van der Waals surface area contributed by atoms with Crippen molar-refractivity contribution in [3.63, 3.8) is 0 Å². The quantitative estimate of drug-likeness (QED) is 0.153. The van der Waals surface area contributed by atoms with Crippen LogP contribution in [0.3, 0.4) is 0 Å². The van der Waals surface area contributed by atoms with Gasteiger partial charge in [0.15, 0.2) is 5.82 Å². The normalized spacial score (nSPS) is 19.5. The number of amides is 5. The number of aromatic amines is 1. The molecule has 2 fully saturated rings. The monoisotopic (exact) mass is 866 g/mol. The van der Waals surface area contributed by atoms with E-state index >= 15 is 4.39 Å². The molecule has 0 spiro atoms. The molecule has 332 valence electrons. The molecular formula is C50H55FN8O5. The van der Waals surface area contributed by atoms with Crippen molar-refractivity contribution in [3.8, 4) is 11.1 Å². The maximum atomic E-state index is 16.8. The van der Waals surface area contributed by atoms with Crippen LogP contribution < -0.4 is 15.1 Å². The Balaban J connectivity index is 0.980. The SMILES string of the molecule is Cc1cc(C2CCN(c3cccc4c3C(C)(C)C(=O)N4C3CCC(=O)NC3=O)CC2)ccc1-c1cc(C2=CCCN(C(=O)[C@@H](C)Cn3cccn3)C2)c(F)c2[nH]c(C(=O)N(C)C)cc12. The lowest BCUT2D eigenvalue weighted by molar-refractivity contribution is -0.136. The van der Waals surface area contributed by atoms with Gasteiger partial charge in [-0.05, 0) is 111 Å². The van der Waals surface area contributed by atoms with Crippen LogP contribution in [0.5, 0.6) is 0 Å². The Kier molecular flexibility index (Phi) is 11.0. The molecular weight excluding hydrogens is 812 g/mol. The first-order valence-corrected chi connectivity index (χ1v) is 22.3. The first-order valence-electron chi connectivity index (χ1n) is 22.3. The number of aromatic nitrogens is 3. The minimum atomic E-state index is -0.854. The summed E-state index contributed by atoms with van der Waals surface area (Å²) in [4.78, 5) is 76.1. The number of nitrogens with one attached hydrogen (secondary N) is 2. The van der Waals surface area contributed by atoms with Crippen molar-refractivity contribution in [1.82, 2.24) is 29.9 Å². The Morgan fingerprint density at radius 3 is 2.42 bits per heavy atom. The molecule has 0 aliphatic carbocycles. The molecule has 5 amide bonds. The summed E-state index contributed by atoms with van der Waals surface area (Å²) >= 11 is 0. The number of piperidine rings is 2. The van der Waals surface area contributed by atoms with Crippen LogP contribution in [0.4, 0.5) is 15.8 Å². The summed E-state index contributed by atoms with van der Waals surface area (Å²) in [6.07, 6.45) is 8.40. The molecule has 2 saturated heterocycles. The lowest BCUT2D eigenvalue weighted by Gasteiger charge is -2.36. The number of benzene rings is 3. The molecule has 0 bridgehead atoms. The molecule has 0 radical (unpaired) electrons. The van der Waals surface area contributed by atoms with Crippen molar-refractivity contribution in [2.24, 2.45) is 5.92 Å². The highest BCUT2D eigenvalue weighted by Crippen LogP contribution is 2.49. The summed E-state index contributed by atoms with van der Waals surface area (Å²) in [6.45, 7) is 10.6. The lowest BCUT2D eigenvalue weighted by Crippen LogP contribution is -2.55. The number of nitrogens with zero attached hydrogens (tertiary/aromatic N) is 6. The molecule has 5 aromatic rings. The summed E-state index contributed by atoms with van der Waals surface area (Å²) in [5.41, 5.74) is 7.43. The summed E-state index contributed by atoms with van der Waals surface area (Å²) in [5.74, 6) is -1.65. The van der Waals surface area contributed by atoms with Crippen LogP contribution in [-0.4, -0.2) is 100 Å². The van der Waals surface area contributed by atoms with E-state index in [1.807, 2.05) is 57.3 Å². The van der Waals surface area contributed by atoms with E-state index in [1.54, 1.807) is 40.8 Å². The Bertz CT molecular complexity index is 2740. The van der Waals surface area contributed by atoms with Gasteiger partial charge in [-0.15, -0.1) is 0 Å². The number of anilines is 2. The second kappa shape index (κ2) is 16.5. The second-order valence-corrected chi connectivity index (χ2v) is 18.6. The van der Waals surface area contributed by atoms with E-state index in [9.17, 15) is 24.0 Å². The predicted octanol–water partition coefficient (Wildman–Crippen LogP) is 6.95. The third kappa shape index (κ3) is 7.45. The van der Waals surface area contributed by atoms with Gasteiger partial charge in [0.2, 0.25) is 23.6 Å². The average molecular weight is 867 g/mol. The molecule has 3 aromatic carbocycles. The molecule has 64 heavy (non-hydrogen) atoms. The van der Waals surface area contributed by atoms with Crippen LogP contribution in [0, 0.1) is 18.7 Å². The van der Waals surface area contributed by atoms with Crippen LogP contribution >= 0.6 is 0 Å². The topological polar surface area (TPSA) is 144 Å². The van der Waals surface area contributed by atoms with Gasteiger partial charge in [0.05, 0.1) is 29.1 Å². The summed E-state index contributed by atoms with van der Waals surface area (Å²) in [7, 11) is 3.34. The number of H-pyrrole nitrogens is 1. The van der Waals surface area contributed by atoms with E-state index < -0.39 is 23.2 Å². The second-order valence-electron chi connectivity index (χ2n) is 18.6. The highest BCUT2D eigenvalue weighted by molar-refractivity contribution is 6.15. The Labute approximate surface area is 372 Å². The van der Waals surface area contributed by atoms with Crippen molar-refractivity contribution >= 4 is 57.4 Å². The smallest absolute Gasteiger partial charge is 0.269 e. The Morgan fingerprint density at radius 2 is 1.72 bits per heavy atom. The molecule has 2 aromatic heterocycles. The molecule has 4 aliphatic heterocycles. The van der Waals surface area contributed by atoms with E-state index in [0.29, 0.717) is 42.6 Å². The van der Waals surface area contributed by atoms with Gasteiger partial charge in [-0.25, -0.2) is 4.39 Å². The highest BCUT2D eigenvalue weighted by Gasteiger charge is 2.50. The molecule has 4 aliphatic rings. The predicted molar refractivity (Wildman–Crippen MR) is 244 cm³/mol. The largest absolute Gasteiger partial charge is 0.371 e. The van der Waals surface area contributed by atoms with Gasteiger partial charge in [-0.1, -0.05) is 37.3 Å². The van der Waals surface area contributed by atoms with Crippen molar-refractivity contribution in [2.75, 3.05) is 50.1 Å². The van der Waals surface area contributed by atoms with Crippen molar-refractivity contribution in [1.29, 1.82) is 0 Å². The minimum Gasteiger partial charge on any atom is -0.371 e. The molecule has 6 heterocycles. The fourth-order valence-corrected chi connectivity index (χ4v) is 10.4. The lowest BCUT2D eigenvalue weighted by atomic mass is 9.83. The molecule has 13 nitrogen and oxygen atoms in total. The minimum absolute atomic E-state index is 0.0122. The molecule has 1 unspecified atom stereocenters. The molecule has 9 rings (SSSR count). The maximum absolute atomic E-state index is 16.8. The van der Waals surface area contributed by atoms with Gasteiger partial charge >= 0.3 is 0 Å². The highest BCUT2D eigenvalue weighted by atomic mass is 19.1. The van der Waals surface area contributed by atoms with Crippen molar-refractivity contribution < 1.29 is 28.4 Å². The Hall–Kier alpha value is -6.57. The third-order valence-electron chi connectivity index (χ3n) is 13.8. The Morgan fingerprint density at radius 1 is 0.953 bits per heavy atom. The average Bonchev–Trinajstić information content (AvgIpc) is 4.02. The van der Waals surface area contributed by atoms with E-state index in [-0.39, 0.29) is 53.9 Å². The van der Waals surface area contributed by atoms with E-state index in [1.165, 1.54) is 10.5 Å². The van der Waals surface area contributed by atoms with Gasteiger partial charge in [0.25, 0.3) is 5.91 Å². The number of carbonyl (C=O) groups is 5. The fraction of sp³-hybridized carbons (Fsp3) is 0.400. The van der Waals surface area contributed by atoms with Crippen LogP contribution in [0.1, 0.15) is 91.5 Å². The van der Waals surface area contributed by atoms with Gasteiger partial charge in [-0.3, -0.25) is 38.9 Å². The zero-order chi connectivity index (χ0) is 45.2. The summed E-state index contributed by atoms with van der Waals surface area (Å²) < 4.78 is 18.6. The number of hydrogen-bond donors (Lipinski definition) is 2. The third-order valence-corrected chi connectivity index (χ3v) is 13.8. The molecule has 2 atom stereocenters. The van der Waals surface area contributed by atoms with E-state index in [4.69, 9.17) is 0 Å². The van der Waals surface area contributed by atoms with Crippen molar-refractivity contribution in [3.05, 3.63) is 107 Å². The number of rotatable bonds is 9. The molecule has 14 heteroatoms. The zero-order valence-electron chi connectivity index (χ0n) is 37.3. The van der Waals surface area contributed by atoms with Crippen LogP contribution in [0.25, 0.3) is 27.6 Å². The van der Waals surface area contributed by atoms with Crippen LogP contribution in [-0.2, 0) is 31.1 Å². The number of carbonyl (C=O) groups excluding carboxylic acids is 5.